The summed E-state index contributed by atoms with van der Waals surface area (Å²) in [6.07, 6.45) is 4.11. The summed E-state index contributed by atoms with van der Waals surface area (Å²) >= 11 is 0. The van der Waals surface area contributed by atoms with Crippen molar-refractivity contribution in [2.75, 3.05) is 13.1 Å². The van der Waals surface area contributed by atoms with Crippen LogP contribution in [-0.4, -0.2) is 23.9 Å². The minimum Gasteiger partial charge on any atom is -0.343 e. The molecule has 0 bridgehead atoms. The Morgan fingerprint density at radius 3 is 2.12 bits per heavy atom. The van der Waals surface area contributed by atoms with Crippen LogP contribution in [0.4, 0.5) is 0 Å². The third kappa shape index (κ3) is 5.00. The van der Waals surface area contributed by atoms with Gasteiger partial charge in [0, 0.05) is 19.5 Å². The van der Waals surface area contributed by atoms with Crippen molar-refractivity contribution in [3.63, 3.8) is 0 Å². The maximum absolute atomic E-state index is 11.6. The van der Waals surface area contributed by atoms with E-state index in [2.05, 4.69) is 20.8 Å². The Labute approximate surface area is 101 Å². The topological polar surface area (TPSA) is 20.3 Å². The van der Waals surface area contributed by atoms with Crippen LogP contribution in [0.3, 0.4) is 0 Å². The Morgan fingerprint density at radius 2 is 1.75 bits per heavy atom. The third-order valence-corrected chi connectivity index (χ3v) is 3.30. The fourth-order valence-electron chi connectivity index (χ4n) is 2.19. The van der Waals surface area contributed by atoms with Crippen LogP contribution < -0.4 is 0 Å². The second kappa shape index (κ2) is 8.60. The Hall–Kier alpha value is -0.530. The highest BCUT2D eigenvalue weighted by Gasteiger charge is 2.23. The Morgan fingerprint density at radius 1 is 1.25 bits per heavy atom. The molecule has 0 unspecified atom stereocenters. The van der Waals surface area contributed by atoms with Crippen LogP contribution >= 0.6 is 0 Å². The highest BCUT2D eigenvalue weighted by atomic mass is 16.2. The number of hydrogen-bond donors (Lipinski definition) is 0. The quantitative estimate of drug-likeness (QED) is 0.720. The number of rotatable bonds is 3. The maximum Gasteiger partial charge on any atom is 0.222 e. The van der Waals surface area contributed by atoms with Gasteiger partial charge in [-0.05, 0) is 31.1 Å². The molecule has 1 heterocycles. The number of likely N-dealkylation sites (tertiary alicyclic amines) is 1. The SMILES string of the molecule is CC.CCCC(=O)N1CCC(C(C)C)CC1. The molecule has 1 saturated heterocycles. The summed E-state index contributed by atoms with van der Waals surface area (Å²) in [5.74, 6) is 1.97. The van der Waals surface area contributed by atoms with E-state index in [4.69, 9.17) is 0 Å². The van der Waals surface area contributed by atoms with Crippen LogP contribution in [0.2, 0.25) is 0 Å². The molecule has 0 aromatic rings. The molecule has 1 aliphatic heterocycles. The molecule has 2 nitrogen and oxygen atoms in total. The van der Waals surface area contributed by atoms with Crippen LogP contribution in [0.15, 0.2) is 0 Å². The van der Waals surface area contributed by atoms with Crippen LogP contribution in [0, 0.1) is 11.8 Å². The van der Waals surface area contributed by atoms with Gasteiger partial charge in [-0.1, -0.05) is 34.6 Å². The van der Waals surface area contributed by atoms with E-state index in [9.17, 15) is 4.79 Å². The van der Waals surface area contributed by atoms with Gasteiger partial charge >= 0.3 is 0 Å². The van der Waals surface area contributed by atoms with E-state index >= 15 is 0 Å². The molecule has 1 rings (SSSR count). The van der Waals surface area contributed by atoms with Gasteiger partial charge in [0.05, 0.1) is 0 Å². The van der Waals surface area contributed by atoms with Gasteiger partial charge in [0.15, 0.2) is 0 Å². The van der Waals surface area contributed by atoms with Crippen molar-refractivity contribution in [3.8, 4) is 0 Å². The lowest BCUT2D eigenvalue weighted by Gasteiger charge is -2.33. The molecule has 0 aliphatic carbocycles. The van der Waals surface area contributed by atoms with Gasteiger partial charge in [-0.3, -0.25) is 4.79 Å². The number of hydrogen-bond acceptors (Lipinski definition) is 1. The van der Waals surface area contributed by atoms with E-state index in [1.807, 2.05) is 18.7 Å². The van der Waals surface area contributed by atoms with Gasteiger partial charge in [-0.2, -0.15) is 0 Å². The molecule has 0 aromatic heterocycles. The van der Waals surface area contributed by atoms with Crippen molar-refractivity contribution in [2.45, 2.75) is 60.3 Å². The van der Waals surface area contributed by atoms with Crippen molar-refractivity contribution >= 4 is 5.91 Å². The first-order chi connectivity index (χ1) is 7.65. The lowest BCUT2D eigenvalue weighted by Crippen LogP contribution is -2.39. The van der Waals surface area contributed by atoms with Gasteiger partial charge in [0.1, 0.15) is 0 Å². The van der Waals surface area contributed by atoms with Crippen molar-refractivity contribution < 1.29 is 4.79 Å². The Balaban J connectivity index is 0.00000106. The number of carbonyl (C=O) groups excluding carboxylic acids is 1. The summed E-state index contributed by atoms with van der Waals surface area (Å²) in [6.45, 7) is 12.6. The molecule has 0 radical (unpaired) electrons. The molecule has 2 heteroatoms. The molecule has 96 valence electrons. The predicted octanol–water partition coefficient (Wildman–Crippen LogP) is 3.71. The van der Waals surface area contributed by atoms with Crippen molar-refractivity contribution in [2.24, 2.45) is 11.8 Å². The minimum atomic E-state index is 0.356. The Bertz CT molecular complexity index is 181. The van der Waals surface area contributed by atoms with E-state index in [1.54, 1.807) is 0 Å². The molecular weight excluding hydrogens is 198 g/mol. The summed E-state index contributed by atoms with van der Waals surface area (Å²) in [6, 6.07) is 0. The van der Waals surface area contributed by atoms with E-state index in [0.717, 1.165) is 37.8 Å². The average molecular weight is 227 g/mol. The molecule has 1 fully saturated rings. The van der Waals surface area contributed by atoms with Gasteiger partial charge in [-0.15, -0.1) is 0 Å². The van der Waals surface area contributed by atoms with Crippen LogP contribution in [0.25, 0.3) is 0 Å². The lowest BCUT2D eigenvalue weighted by molar-refractivity contribution is -0.132. The molecule has 1 amide bonds. The zero-order valence-corrected chi connectivity index (χ0v) is 11.8. The first-order valence-corrected chi connectivity index (χ1v) is 6.93. The van der Waals surface area contributed by atoms with Crippen LogP contribution in [0.1, 0.15) is 60.3 Å². The van der Waals surface area contributed by atoms with Crippen LogP contribution in [0.5, 0.6) is 0 Å². The number of amides is 1. The van der Waals surface area contributed by atoms with Gasteiger partial charge in [0.2, 0.25) is 5.91 Å². The largest absolute Gasteiger partial charge is 0.343 e. The fraction of sp³-hybridized carbons (Fsp3) is 0.929. The van der Waals surface area contributed by atoms with E-state index in [1.165, 1.54) is 12.8 Å². The molecular formula is C14H29NO. The smallest absolute Gasteiger partial charge is 0.222 e. The second-order valence-corrected chi connectivity index (χ2v) is 4.71. The van der Waals surface area contributed by atoms with Crippen molar-refractivity contribution in [1.29, 1.82) is 0 Å². The van der Waals surface area contributed by atoms with Gasteiger partial charge < -0.3 is 4.90 Å². The Kier molecular flexibility index (Phi) is 8.32. The molecule has 0 atom stereocenters. The van der Waals surface area contributed by atoms with Gasteiger partial charge in [0.25, 0.3) is 0 Å². The summed E-state index contributed by atoms with van der Waals surface area (Å²) < 4.78 is 0. The predicted molar refractivity (Wildman–Crippen MR) is 70.4 cm³/mol. The molecule has 0 saturated carbocycles. The number of piperidine rings is 1. The monoisotopic (exact) mass is 227 g/mol. The molecule has 0 aromatic carbocycles. The summed E-state index contributed by atoms with van der Waals surface area (Å²) in [4.78, 5) is 13.6. The van der Waals surface area contributed by atoms with Crippen molar-refractivity contribution in [1.82, 2.24) is 4.90 Å². The summed E-state index contributed by atoms with van der Waals surface area (Å²) in [5.41, 5.74) is 0. The second-order valence-electron chi connectivity index (χ2n) is 4.71. The summed E-state index contributed by atoms with van der Waals surface area (Å²) in [7, 11) is 0. The molecule has 16 heavy (non-hydrogen) atoms. The maximum atomic E-state index is 11.6. The molecule has 1 aliphatic rings. The highest BCUT2D eigenvalue weighted by molar-refractivity contribution is 5.76. The van der Waals surface area contributed by atoms with Gasteiger partial charge in [-0.25, -0.2) is 0 Å². The van der Waals surface area contributed by atoms with E-state index < -0.39 is 0 Å². The van der Waals surface area contributed by atoms with Crippen LogP contribution in [-0.2, 0) is 4.79 Å². The van der Waals surface area contributed by atoms with E-state index in [0.29, 0.717) is 5.91 Å². The highest BCUT2D eigenvalue weighted by Crippen LogP contribution is 2.24. The average Bonchev–Trinajstić information content (AvgIpc) is 2.32. The van der Waals surface area contributed by atoms with Crippen molar-refractivity contribution in [3.05, 3.63) is 0 Å². The zero-order valence-electron chi connectivity index (χ0n) is 11.8. The minimum absolute atomic E-state index is 0.356. The first kappa shape index (κ1) is 15.5. The summed E-state index contributed by atoms with van der Waals surface area (Å²) in [5, 5.41) is 0. The zero-order chi connectivity index (χ0) is 12.6. The first-order valence-electron chi connectivity index (χ1n) is 6.93. The molecule has 0 N–H and O–H groups in total. The normalized spacial score (nSPS) is 17.0. The van der Waals surface area contributed by atoms with E-state index in [-0.39, 0.29) is 0 Å². The molecule has 0 spiro atoms. The number of carbonyl (C=O) groups is 1. The fourth-order valence-corrected chi connectivity index (χ4v) is 2.19. The lowest BCUT2D eigenvalue weighted by atomic mass is 9.86. The third-order valence-electron chi connectivity index (χ3n) is 3.30. The standard InChI is InChI=1S/C12H23NO.C2H6/c1-4-5-12(14)13-8-6-11(7-9-13)10(2)3;1-2/h10-11H,4-9H2,1-3H3;1-2H3. The number of nitrogens with zero attached hydrogens (tertiary/aromatic N) is 1.